The molecule has 0 N–H and O–H groups in total. The summed E-state index contributed by atoms with van der Waals surface area (Å²) in [7, 11) is -5.84. The van der Waals surface area contributed by atoms with Gasteiger partial charge < -0.3 is 4.57 Å². The molecule has 0 spiro atoms. The second-order valence-corrected chi connectivity index (χ2v) is 36.5. The van der Waals surface area contributed by atoms with Gasteiger partial charge in [-0.25, -0.2) is 73.1 Å². The number of hydrogen-bond donors (Lipinski definition) is 0. The maximum atomic E-state index is 14.6. The minimum atomic E-state index is -3.63. The van der Waals surface area contributed by atoms with Gasteiger partial charge in [0.15, 0.2) is 26.5 Å². The van der Waals surface area contributed by atoms with Crippen molar-refractivity contribution in [3.63, 3.8) is 0 Å². The fourth-order valence-electron chi connectivity index (χ4n) is 19.1. The largest absolute Gasteiger partial charge is 0.315 e. The second-order valence-electron chi connectivity index (χ2n) is 31.8. The maximum absolute atomic E-state index is 14.6. The molecule has 20 nitrogen and oxygen atoms in total. The lowest BCUT2D eigenvalue weighted by Gasteiger charge is -2.37. The van der Waals surface area contributed by atoms with Crippen LogP contribution in [0.15, 0.2) is 160 Å². The highest BCUT2D eigenvalue weighted by molar-refractivity contribution is 7.99. The number of rotatable bonds is 14. The molecule has 30 heteroatoms. The number of benzene rings is 3. The number of halogens is 8. The summed E-state index contributed by atoms with van der Waals surface area (Å²) in [5, 5.41) is 38.6. The van der Waals surface area contributed by atoms with Gasteiger partial charge in [-0.2, -0.15) is 25.5 Å². The molecule has 7 aliphatic rings. The molecule has 3 saturated carbocycles. The molecule has 0 amide bonds. The van der Waals surface area contributed by atoms with Gasteiger partial charge in [0.1, 0.15) is 41.2 Å². The van der Waals surface area contributed by atoms with Crippen molar-refractivity contribution in [2.24, 2.45) is 26.4 Å². The van der Waals surface area contributed by atoms with Crippen molar-refractivity contribution in [1.29, 1.82) is 0 Å². The first-order valence-electron chi connectivity index (χ1n) is 36.4. The monoisotopic (exact) mass is 1560 g/mol. The lowest BCUT2D eigenvalue weighted by atomic mass is 9.66. The molecule has 8 aromatic heterocycles. The number of pyridine rings is 3. The van der Waals surface area contributed by atoms with E-state index in [4.69, 9.17) is 9.97 Å². The van der Waals surface area contributed by atoms with Crippen molar-refractivity contribution in [3.8, 4) is 51.0 Å². The lowest BCUT2D eigenvalue weighted by Crippen LogP contribution is -2.38. The zero-order valence-electron chi connectivity index (χ0n) is 62.3. The minimum absolute atomic E-state index is 0.0349. The molecule has 574 valence electrons. The molecule has 6 bridgehead atoms. The van der Waals surface area contributed by atoms with E-state index in [1.54, 1.807) is 61.1 Å². The molecular weight excluding hydrogens is 1490 g/mol. The number of sulfone groups is 1. The highest BCUT2D eigenvalue weighted by atomic mass is 32.2. The number of aryl methyl sites for hydroxylation is 1. The van der Waals surface area contributed by atoms with Crippen LogP contribution in [0.4, 0.5) is 35.1 Å². The topological polar surface area (TPSA) is 258 Å². The van der Waals surface area contributed by atoms with Gasteiger partial charge in [0, 0.05) is 66.5 Å². The van der Waals surface area contributed by atoms with E-state index in [1.807, 2.05) is 25.1 Å². The van der Waals surface area contributed by atoms with E-state index in [2.05, 4.69) is 108 Å². The molecule has 112 heavy (non-hydrogen) atoms. The van der Waals surface area contributed by atoms with E-state index in [0.717, 1.165) is 83.5 Å². The Balaban J connectivity index is 0.000000127. The summed E-state index contributed by atoms with van der Waals surface area (Å²) >= 11 is 0. The molecule has 1 aliphatic heterocycles. The van der Waals surface area contributed by atoms with Crippen LogP contribution in [0.1, 0.15) is 180 Å². The zero-order valence-corrected chi connectivity index (χ0v) is 63.9. The Kier molecular flexibility index (Phi) is 18.1. The minimum Gasteiger partial charge on any atom is -0.315 e. The van der Waals surface area contributed by atoms with Gasteiger partial charge in [0.2, 0.25) is 5.82 Å². The van der Waals surface area contributed by atoms with Crippen molar-refractivity contribution < 1.29 is 47.8 Å². The Hall–Kier alpha value is -10.9. The van der Waals surface area contributed by atoms with E-state index in [0.29, 0.717) is 65.0 Å². The van der Waals surface area contributed by atoms with Crippen molar-refractivity contribution in [2.75, 3.05) is 18.3 Å². The third-order valence-electron chi connectivity index (χ3n) is 24.7. The van der Waals surface area contributed by atoms with E-state index in [9.17, 15) is 52.5 Å². The summed E-state index contributed by atoms with van der Waals surface area (Å²) < 4.78 is 153. The molecule has 3 fully saturated rings. The maximum Gasteiger partial charge on any atom is 0.299 e. The van der Waals surface area contributed by atoms with Gasteiger partial charge in [-0.05, 0) is 203 Å². The normalized spacial score (nSPS) is 22.6. The Labute approximate surface area is 639 Å². The Morgan fingerprint density at radius 3 is 1.43 bits per heavy atom. The Morgan fingerprint density at radius 2 is 1.00 bits per heavy atom. The summed E-state index contributed by atoms with van der Waals surface area (Å²) in [6.45, 7) is 15.0. The summed E-state index contributed by atoms with van der Waals surface area (Å²) in [6.07, 6.45) is 9.78. The predicted octanol–water partition coefficient (Wildman–Crippen LogP) is 15.1. The van der Waals surface area contributed by atoms with E-state index < -0.39 is 88.2 Å². The number of alkyl halides is 2. The zero-order chi connectivity index (χ0) is 79.3. The van der Waals surface area contributed by atoms with Gasteiger partial charge >= 0.3 is 0 Å². The number of aromatic nitrogens is 14. The third kappa shape index (κ3) is 11.8. The van der Waals surface area contributed by atoms with Crippen LogP contribution in [0, 0.1) is 51.1 Å². The molecule has 3 aromatic carbocycles. The van der Waals surface area contributed by atoms with Crippen molar-refractivity contribution in [2.45, 2.75) is 145 Å². The van der Waals surface area contributed by atoms with Gasteiger partial charge in [-0.1, -0.05) is 65.8 Å². The number of nitrogens with zero attached hydrogens (tertiary/aromatic N) is 16. The molecule has 6 aliphatic carbocycles. The highest BCUT2D eigenvalue weighted by Gasteiger charge is 2.68. The third-order valence-corrected chi connectivity index (χ3v) is 26.8. The van der Waals surface area contributed by atoms with Crippen LogP contribution >= 0.6 is 0 Å². The highest BCUT2D eigenvalue weighted by Crippen LogP contribution is 2.72. The molecule has 9 heterocycles. The summed E-state index contributed by atoms with van der Waals surface area (Å²) in [6, 6.07) is 30.4. The van der Waals surface area contributed by atoms with E-state index in [-0.39, 0.29) is 72.9 Å². The van der Waals surface area contributed by atoms with Crippen LogP contribution in [0.25, 0.3) is 51.0 Å². The summed E-state index contributed by atoms with van der Waals surface area (Å²) in [5.41, 5.74) is 6.46. The molecule has 11 aromatic rings. The lowest BCUT2D eigenvalue weighted by molar-refractivity contribution is 0.140. The quantitative estimate of drug-likeness (QED) is 0.0724. The van der Waals surface area contributed by atoms with Crippen LogP contribution in [0.5, 0.6) is 0 Å². The van der Waals surface area contributed by atoms with Gasteiger partial charge in [0.05, 0.1) is 89.9 Å². The Bertz CT molecular complexity index is 6070. The SMILES string of the molecule is C=S(C)(=O)CCn1ccc(-c2nccc([C@@]34CC[C@@H](c5cc(-c6c(F)cccc6F)nnc53)C4(C)C)n2)cc1=O.CC1(C)[C@H]2CC[C@]1(c1cccc(-n3cnc(C(F)F)n3)n1)c1nnc(-c3c(F)cccc3F)cc12.CC1=NN=C(c2cc([C@@]34CC[C@@H](c5cc(-c6c(F)cccc6F)nnc53)C4(C)C)nc(S(C)(=O)=O)c2)C1. The van der Waals surface area contributed by atoms with Crippen LogP contribution in [-0.4, -0.2) is 118 Å². The smallest absolute Gasteiger partial charge is 0.299 e. The Morgan fingerprint density at radius 1 is 0.536 bits per heavy atom. The first-order valence-corrected chi connectivity index (χ1v) is 40.6. The molecule has 0 radical (unpaired) electrons. The number of hydrogen-bond acceptors (Lipinski definition) is 18. The van der Waals surface area contributed by atoms with Gasteiger partial charge in [-0.3, -0.25) is 9.00 Å². The second kappa shape index (κ2) is 26.9. The van der Waals surface area contributed by atoms with Gasteiger partial charge in [0.25, 0.3) is 12.0 Å². The average molecular weight is 1560 g/mol. The molecule has 18 rings (SSSR count). The van der Waals surface area contributed by atoms with Crippen LogP contribution in [0.3, 0.4) is 0 Å². The first-order chi connectivity index (χ1) is 53.1. The van der Waals surface area contributed by atoms with Crippen LogP contribution in [0.2, 0.25) is 0 Å². The predicted molar refractivity (Wildman–Crippen MR) is 405 cm³/mol. The van der Waals surface area contributed by atoms with Crippen molar-refractivity contribution >= 4 is 36.7 Å². The number of fused-ring (bicyclic) bond motifs is 15. The fourth-order valence-corrected chi connectivity index (χ4v) is 20.3. The van der Waals surface area contributed by atoms with E-state index >= 15 is 0 Å². The molecule has 1 unspecified atom stereocenters. The van der Waals surface area contributed by atoms with Crippen LogP contribution in [-0.2, 0) is 42.1 Å². The fraction of sp³-hybridized carbons (Fsp3) is 0.341. The van der Waals surface area contributed by atoms with Crippen molar-refractivity contribution in [1.82, 2.24) is 69.9 Å². The molecular formula is C82H74F8N16O4S2. The standard InChI is InChI=1S/C30H29F2N5O2S.C27H25F2N5O2S.C25H20F4N6/c1-29(2)20-8-11-30(29,27-19(20)17-23(35-36-27)26-21(31)6-5-7-22(26)32)24-9-12-33-28(34-24)18-10-13-37(25(38)16-18)14-15-40(3,4)39;1-14-10-20(32-31-14)15-11-22(30-23(12-15)37(4,35)36)27-9-8-17(26(27,2)3)16-13-21(33-34-25(16)27)24-18(28)6-5-7-19(24)29;1-24(2)14-9-10-25(24,18-7-4-8-19(31-18)35-12-30-23(34-35)22(28)29)21-13(14)11-17(32-33-21)20-15(26)5-3-6-16(20)27/h5-7,9-10,12-13,16-17,20H,3,8,11,14-15H2,1-2,4H3;5-7,11-13,17H,8-10H2,1-4H3;3-8,11-12,14,22H,9-10H2,1-2H3/t20-,30-,40?;17-,27-;14-,25-/m000/s1. The average Bonchev–Trinajstić information content (AvgIpc) is 1.52. The molecule has 0 saturated heterocycles. The summed E-state index contributed by atoms with van der Waals surface area (Å²) in [5.74, 6) is 0.257. The van der Waals surface area contributed by atoms with Crippen molar-refractivity contribution in [3.05, 3.63) is 248 Å². The van der Waals surface area contributed by atoms with Gasteiger partial charge in [-0.15, -0.1) is 20.4 Å². The van der Waals surface area contributed by atoms with E-state index in [1.165, 1.54) is 76.2 Å². The molecule has 7 atom stereocenters. The summed E-state index contributed by atoms with van der Waals surface area (Å²) in [4.78, 5) is 35.3. The van der Waals surface area contributed by atoms with Crippen LogP contribution < -0.4 is 5.56 Å². The first kappa shape index (κ1) is 75.2.